The van der Waals surface area contributed by atoms with Gasteiger partial charge in [-0.05, 0) is 36.4 Å². The van der Waals surface area contributed by atoms with Crippen molar-refractivity contribution in [2.24, 2.45) is 0 Å². The molecule has 3 aromatic rings. The largest absolute Gasteiger partial charge is 0.497 e. The van der Waals surface area contributed by atoms with Gasteiger partial charge in [0.15, 0.2) is 6.61 Å². The molecule has 0 atom stereocenters. The van der Waals surface area contributed by atoms with Gasteiger partial charge in [-0.25, -0.2) is 4.79 Å². The Labute approximate surface area is 173 Å². The monoisotopic (exact) mass is 408 g/mol. The van der Waals surface area contributed by atoms with E-state index in [2.05, 4.69) is 10.3 Å². The number of pyridine rings is 1. The molecule has 0 fully saturated rings. The van der Waals surface area contributed by atoms with Crippen LogP contribution in [0.3, 0.4) is 0 Å². The average Bonchev–Trinajstić information content (AvgIpc) is 2.78. The lowest BCUT2D eigenvalue weighted by molar-refractivity contribution is -0.119. The molecule has 1 aromatic heterocycles. The summed E-state index contributed by atoms with van der Waals surface area (Å²) in [5, 5.41) is 2.64. The van der Waals surface area contributed by atoms with Gasteiger partial charge in [-0.15, -0.1) is 0 Å². The molecule has 1 heterocycles. The summed E-state index contributed by atoms with van der Waals surface area (Å²) in [7, 11) is 3.00. The fourth-order valence-corrected chi connectivity index (χ4v) is 2.57. The molecule has 0 saturated carbocycles. The van der Waals surface area contributed by atoms with Gasteiger partial charge in [0, 0.05) is 12.3 Å². The molecule has 0 aliphatic heterocycles. The van der Waals surface area contributed by atoms with Gasteiger partial charge in [-0.2, -0.15) is 0 Å². The zero-order chi connectivity index (χ0) is 21.3. The lowest BCUT2D eigenvalue weighted by Crippen LogP contribution is -2.21. The summed E-state index contributed by atoms with van der Waals surface area (Å²) in [4.78, 5) is 28.7. The molecule has 2 aromatic carbocycles. The second-order valence-electron chi connectivity index (χ2n) is 5.98. The summed E-state index contributed by atoms with van der Waals surface area (Å²) in [5.41, 5.74) is 0.589. The van der Waals surface area contributed by atoms with E-state index in [9.17, 15) is 9.59 Å². The van der Waals surface area contributed by atoms with Gasteiger partial charge in [-0.1, -0.05) is 12.1 Å². The third-order valence-corrected chi connectivity index (χ3v) is 3.98. The van der Waals surface area contributed by atoms with E-state index in [1.807, 2.05) is 0 Å². The Balaban J connectivity index is 1.64. The lowest BCUT2D eigenvalue weighted by atomic mass is 10.2. The summed E-state index contributed by atoms with van der Waals surface area (Å²) >= 11 is 0. The third kappa shape index (κ3) is 5.26. The number of nitrogens with zero attached hydrogens (tertiary/aromatic N) is 1. The fraction of sp³-hybridized carbons (Fsp3) is 0.136. The predicted octanol–water partition coefficient (Wildman–Crippen LogP) is 3.69. The van der Waals surface area contributed by atoms with E-state index in [4.69, 9.17) is 18.9 Å². The van der Waals surface area contributed by atoms with Crippen molar-refractivity contribution >= 4 is 17.6 Å². The van der Waals surface area contributed by atoms with E-state index in [1.54, 1.807) is 60.8 Å². The number of nitrogens with one attached hydrogen (secondary N) is 1. The van der Waals surface area contributed by atoms with Crippen LogP contribution >= 0.6 is 0 Å². The van der Waals surface area contributed by atoms with Gasteiger partial charge in [-0.3, -0.25) is 9.78 Å². The quantitative estimate of drug-likeness (QED) is 0.568. The number of anilines is 1. The van der Waals surface area contributed by atoms with Crippen molar-refractivity contribution in [2.75, 3.05) is 26.1 Å². The summed E-state index contributed by atoms with van der Waals surface area (Å²) in [6, 6.07) is 15.0. The second kappa shape index (κ2) is 9.92. The number of methoxy groups -OCH3 is 2. The summed E-state index contributed by atoms with van der Waals surface area (Å²) in [6.07, 6.45) is 3.14. The smallest absolute Gasteiger partial charge is 0.342 e. The maximum Gasteiger partial charge on any atom is 0.342 e. The van der Waals surface area contributed by atoms with Gasteiger partial charge >= 0.3 is 5.97 Å². The zero-order valence-electron chi connectivity index (χ0n) is 16.5. The molecule has 1 amide bonds. The minimum Gasteiger partial charge on any atom is -0.497 e. The van der Waals surface area contributed by atoms with Crippen LogP contribution in [-0.2, 0) is 9.53 Å². The van der Waals surface area contributed by atoms with Crippen LogP contribution in [-0.4, -0.2) is 37.7 Å². The molecule has 0 unspecified atom stereocenters. The molecule has 0 saturated heterocycles. The zero-order valence-corrected chi connectivity index (χ0v) is 16.5. The molecule has 0 radical (unpaired) electrons. The number of para-hydroxylation sites is 1. The molecule has 8 nitrogen and oxygen atoms in total. The second-order valence-corrected chi connectivity index (χ2v) is 5.98. The van der Waals surface area contributed by atoms with Crippen LogP contribution in [0.15, 0.2) is 67.0 Å². The number of aromatic nitrogens is 1. The first-order chi connectivity index (χ1) is 14.6. The van der Waals surface area contributed by atoms with Gasteiger partial charge in [0.25, 0.3) is 5.91 Å². The average molecular weight is 408 g/mol. The Hall–Kier alpha value is -4.07. The molecule has 3 rings (SSSR count). The van der Waals surface area contributed by atoms with E-state index in [0.717, 1.165) is 0 Å². The molecule has 0 bridgehead atoms. The Bertz CT molecular complexity index is 1020. The van der Waals surface area contributed by atoms with E-state index in [1.165, 1.54) is 20.4 Å². The van der Waals surface area contributed by atoms with Gasteiger partial charge in [0.05, 0.1) is 26.1 Å². The molecule has 8 heteroatoms. The standard InChI is InChI=1S/C22H20N2O6/c1-27-15-9-10-20(28-2)18(12-15)24-21(25)14-29-22(26)17-7-3-4-8-19(17)30-16-6-5-11-23-13-16/h3-13H,14H2,1-2H3,(H,24,25). The highest BCUT2D eigenvalue weighted by Gasteiger charge is 2.17. The third-order valence-electron chi connectivity index (χ3n) is 3.98. The van der Waals surface area contributed by atoms with Gasteiger partial charge in [0.1, 0.15) is 28.6 Å². The number of hydrogen-bond acceptors (Lipinski definition) is 7. The number of carbonyl (C=O) groups is 2. The van der Waals surface area contributed by atoms with Crippen molar-refractivity contribution in [3.63, 3.8) is 0 Å². The summed E-state index contributed by atoms with van der Waals surface area (Å²) in [5.74, 6) is 0.545. The van der Waals surface area contributed by atoms with Crippen molar-refractivity contribution in [3.8, 4) is 23.0 Å². The van der Waals surface area contributed by atoms with Crippen LogP contribution < -0.4 is 19.5 Å². The van der Waals surface area contributed by atoms with Crippen molar-refractivity contribution in [1.29, 1.82) is 0 Å². The Kier molecular flexibility index (Phi) is 6.83. The molecule has 154 valence electrons. The number of benzene rings is 2. The number of esters is 1. The summed E-state index contributed by atoms with van der Waals surface area (Å²) < 4.78 is 21.2. The van der Waals surface area contributed by atoms with Crippen LogP contribution in [0.2, 0.25) is 0 Å². The van der Waals surface area contributed by atoms with Gasteiger partial charge < -0.3 is 24.3 Å². The van der Waals surface area contributed by atoms with Crippen molar-refractivity contribution in [3.05, 3.63) is 72.6 Å². The molecular weight excluding hydrogens is 388 g/mol. The van der Waals surface area contributed by atoms with Crippen LogP contribution in [0.25, 0.3) is 0 Å². The minimum atomic E-state index is -0.692. The highest BCUT2D eigenvalue weighted by Crippen LogP contribution is 2.29. The van der Waals surface area contributed by atoms with E-state index in [0.29, 0.717) is 28.7 Å². The Morgan fingerprint density at radius 2 is 1.77 bits per heavy atom. The molecular formula is C22H20N2O6. The number of amides is 1. The minimum absolute atomic E-state index is 0.188. The summed E-state index contributed by atoms with van der Waals surface area (Å²) in [6.45, 7) is -0.486. The number of hydrogen-bond donors (Lipinski definition) is 1. The van der Waals surface area contributed by atoms with Crippen LogP contribution in [0.1, 0.15) is 10.4 Å². The first-order valence-electron chi connectivity index (χ1n) is 8.96. The Morgan fingerprint density at radius 3 is 2.50 bits per heavy atom. The van der Waals surface area contributed by atoms with Crippen LogP contribution in [0, 0.1) is 0 Å². The Morgan fingerprint density at radius 1 is 0.933 bits per heavy atom. The number of rotatable bonds is 8. The number of ether oxygens (including phenoxy) is 4. The van der Waals surface area contributed by atoms with Crippen molar-refractivity contribution in [1.82, 2.24) is 4.98 Å². The van der Waals surface area contributed by atoms with Crippen LogP contribution in [0.5, 0.6) is 23.0 Å². The van der Waals surface area contributed by atoms with E-state index >= 15 is 0 Å². The van der Waals surface area contributed by atoms with Gasteiger partial charge in [0.2, 0.25) is 0 Å². The van der Waals surface area contributed by atoms with E-state index in [-0.39, 0.29) is 5.56 Å². The maximum atomic E-state index is 12.5. The highest BCUT2D eigenvalue weighted by atomic mass is 16.5. The van der Waals surface area contributed by atoms with E-state index < -0.39 is 18.5 Å². The molecule has 0 spiro atoms. The topological polar surface area (TPSA) is 96.0 Å². The lowest BCUT2D eigenvalue weighted by Gasteiger charge is -2.13. The number of carbonyl (C=O) groups excluding carboxylic acids is 2. The molecule has 1 N–H and O–H groups in total. The maximum absolute atomic E-state index is 12.5. The fourth-order valence-electron chi connectivity index (χ4n) is 2.57. The molecule has 0 aliphatic carbocycles. The highest BCUT2D eigenvalue weighted by molar-refractivity contribution is 5.97. The van der Waals surface area contributed by atoms with Crippen molar-refractivity contribution in [2.45, 2.75) is 0 Å². The molecule has 0 aliphatic rings. The first kappa shape index (κ1) is 20.7. The van der Waals surface area contributed by atoms with Crippen LogP contribution in [0.4, 0.5) is 5.69 Å². The van der Waals surface area contributed by atoms with Crippen molar-refractivity contribution < 1.29 is 28.5 Å². The normalized spacial score (nSPS) is 10.1. The predicted molar refractivity (Wildman–Crippen MR) is 109 cm³/mol. The first-order valence-corrected chi connectivity index (χ1v) is 8.96. The molecule has 30 heavy (non-hydrogen) atoms. The SMILES string of the molecule is COc1ccc(OC)c(NC(=O)COC(=O)c2ccccc2Oc2cccnc2)c1.